The molecule has 0 aliphatic rings. The highest BCUT2D eigenvalue weighted by atomic mass is 32.2. The summed E-state index contributed by atoms with van der Waals surface area (Å²) >= 11 is 0. The second kappa shape index (κ2) is 10.4. The Balaban J connectivity index is 2.12. The number of sulfonamides is 1. The molecule has 2 amide bonds. The Bertz CT molecular complexity index is 1060. The van der Waals surface area contributed by atoms with Gasteiger partial charge in [-0.25, -0.2) is 8.42 Å². The van der Waals surface area contributed by atoms with Gasteiger partial charge in [0.15, 0.2) is 0 Å². The van der Waals surface area contributed by atoms with Crippen molar-refractivity contribution in [2.45, 2.75) is 32.1 Å². The minimum Gasteiger partial charge on any atom is -0.497 e. The standard InChI is InChI=1S/C22H29N3O6S/c1-22(2,3)21(27)23-13-12-20(26)24-16-8-11-18(31-5)19(14-16)32(28,29)25-15-6-9-17(30-4)10-7-15/h6-11,14,25H,12-13H2,1-5H3,(H,23,27)(H,24,26). The third-order valence-electron chi connectivity index (χ3n) is 4.40. The first-order valence-electron chi connectivity index (χ1n) is 9.89. The molecule has 2 rings (SSSR count). The van der Waals surface area contributed by atoms with Crippen LogP contribution in [0.25, 0.3) is 0 Å². The van der Waals surface area contributed by atoms with Gasteiger partial charge in [0.25, 0.3) is 10.0 Å². The van der Waals surface area contributed by atoms with E-state index in [-0.39, 0.29) is 41.1 Å². The summed E-state index contributed by atoms with van der Waals surface area (Å²) in [6, 6.07) is 10.7. The summed E-state index contributed by atoms with van der Waals surface area (Å²) in [7, 11) is -1.13. The fourth-order valence-electron chi connectivity index (χ4n) is 2.61. The molecule has 10 heteroatoms. The van der Waals surface area contributed by atoms with Crippen molar-refractivity contribution in [1.29, 1.82) is 0 Å². The van der Waals surface area contributed by atoms with Crippen LogP contribution in [0.15, 0.2) is 47.4 Å². The molecule has 0 aromatic heterocycles. The van der Waals surface area contributed by atoms with E-state index in [1.165, 1.54) is 32.4 Å². The first-order chi connectivity index (χ1) is 15.0. The van der Waals surface area contributed by atoms with Crippen LogP contribution < -0.4 is 24.8 Å². The summed E-state index contributed by atoms with van der Waals surface area (Å²) in [6.07, 6.45) is 0.0417. The summed E-state index contributed by atoms with van der Waals surface area (Å²) in [5.74, 6) is 0.193. The smallest absolute Gasteiger partial charge is 0.265 e. The van der Waals surface area contributed by atoms with Crippen LogP contribution in [0, 0.1) is 5.41 Å². The third kappa shape index (κ3) is 6.88. The van der Waals surface area contributed by atoms with Gasteiger partial charge in [0.2, 0.25) is 11.8 Å². The molecule has 2 aromatic rings. The van der Waals surface area contributed by atoms with E-state index in [1.807, 2.05) is 0 Å². The zero-order valence-electron chi connectivity index (χ0n) is 18.8. The molecule has 0 spiro atoms. The van der Waals surface area contributed by atoms with Crippen molar-refractivity contribution < 1.29 is 27.5 Å². The van der Waals surface area contributed by atoms with E-state index in [0.717, 1.165) is 0 Å². The van der Waals surface area contributed by atoms with E-state index in [1.54, 1.807) is 45.0 Å². The molecule has 174 valence electrons. The largest absolute Gasteiger partial charge is 0.497 e. The van der Waals surface area contributed by atoms with E-state index in [2.05, 4.69) is 15.4 Å². The van der Waals surface area contributed by atoms with Crippen molar-refractivity contribution in [2.24, 2.45) is 5.41 Å². The fourth-order valence-corrected chi connectivity index (χ4v) is 3.87. The average Bonchev–Trinajstić information content (AvgIpc) is 2.73. The lowest BCUT2D eigenvalue weighted by Crippen LogP contribution is -2.36. The molecule has 3 N–H and O–H groups in total. The molecule has 0 saturated heterocycles. The summed E-state index contributed by atoms with van der Waals surface area (Å²) in [5, 5.41) is 5.34. The Labute approximate surface area is 188 Å². The van der Waals surface area contributed by atoms with Gasteiger partial charge >= 0.3 is 0 Å². The van der Waals surface area contributed by atoms with Crippen LogP contribution in [0.3, 0.4) is 0 Å². The number of hydrogen-bond donors (Lipinski definition) is 3. The monoisotopic (exact) mass is 463 g/mol. The number of carbonyl (C=O) groups is 2. The van der Waals surface area contributed by atoms with E-state index in [4.69, 9.17) is 9.47 Å². The van der Waals surface area contributed by atoms with E-state index in [0.29, 0.717) is 11.4 Å². The highest BCUT2D eigenvalue weighted by Crippen LogP contribution is 2.29. The Morgan fingerprint density at radius 3 is 2.12 bits per heavy atom. The molecule has 0 aliphatic carbocycles. The number of carbonyl (C=O) groups excluding carboxylic acids is 2. The first kappa shape index (κ1) is 25.0. The van der Waals surface area contributed by atoms with Crippen molar-refractivity contribution >= 4 is 33.2 Å². The average molecular weight is 464 g/mol. The van der Waals surface area contributed by atoms with Gasteiger partial charge in [-0.1, -0.05) is 20.8 Å². The van der Waals surface area contributed by atoms with Crippen LogP contribution in [0.1, 0.15) is 27.2 Å². The molecule has 0 fully saturated rings. The van der Waals surface area contributed by atoms with Crippen LogP contribution >= 0.6 is 0 Å². The predicted molar refractivity (Wildman–Crippen MR) is 123 cm³/mol. The van der Waals surface area contributed by atoms with Crippen molar-refractivity contribution in [3.05, 3.63) is 42.5 Å². The summed E-state index contributed by atoms with van der Waals surface area (Å²) in [6.45, 7) is 5.51. The van der Waals surface area contributed by atoms with Gasteiger partial charge < -0.3 is 20.1 Å². The highest BCUT2D eigenvalue weighted by Gasteiger charge is 2.22. The van der Waals surface area contributed by atoms with Gasteiger partial charge in [-0.3, -0.25) is 14.3 Å². The van der Waals surface area contributed by atoms with Crippen molar-refractivity contribution in [2.75, 3.05) is 30.8 Å². The lowest BCUT2D eigenvalue weighted by atomic mass is 9.96. The van der Waals surface area contributed by atoms with E-state index in [9.17, 15) is 18.0 Å². The van der Waals surface area contributed by atoms with Gasteiger partial charge in [-0.05, 0) is 42.5 Å². The van der Waals surface area contributed by atoms with Gasteiger partial charge in [0.1, 0.15) is 16.4 Å². The second-order valence-corrected chi connectivity index (χ2v) is 9.65. The molecular formula is C22H29N3O6S. The predicted octanol–water partition coefficient (Wildman–Crippen LogP) is 3.00. The van der Waals surface area contributed by atoms with Crippen LogP contribution in [0.4, 0.5) is 11.4 Å². The van der Waals surface area contributed by atoms with Crippen LogP contribution in [0.2, 0.25) is 0 Å². The molecule has 0 radical (unpaired) electrons. The number of ether oxygens (including phenoxy) is 2. The molecule has 32 heavy (non-hydrogen) atoms. The van der Waals surface area contributed by atoms with Crippen LogP contribution in [0.5, 0.6) is 11.5 Å². The lowest BCUT2D eigenvalue weighted by molar-refractivity contribution is -0.128. The Kier molecular flexibility index (Phi) is 8.09. The Morgan fingerprint density at radius 1 is 0.938 bits per heavy atom. The molecule has 0 unspecified atom stereocenters. The zero-order chi connectivity index (χ0) is 23.9. The molecule has 0 atom stereocenters. The second-order valence-electron chi connectivity index (χ2n) is 8.00. The number of nitrogens with one attached hydrogen (secondary N) is 3. The van der Waals surface area contributed by atoms with Gasteiger partial charge in [-0.2, -0.15) is 0 Å². The minimum atomic E-state index is -4.00. The molecule has 9 nitrogen and oxygen atoms in total. The normalized spacial score (nSPS) is 11.4. The maximum absolute atomic E-state index is 12.9. The Hall–Kier alpha value is -3.27. The molecule has 2 aromatic carbocycles. The summed E-state index contributed by atoms with van der Waals surface area (Å²) in [5.41, 5.74) is 0.0806. The maximum atomic E-state index is 12.9. The number of rotatable bonds is 9. The molecular weight excluding hydrogens is 434 g/mol. The number of methoxy groups -OCH3 is 2. The van der Waals surface area contributed by atoms with Gasteiger partial charge in [0.05, 0.1) is 14.2 Å². The van der Waals surface area contributed by atoms with Crippen molar-refractivity contribution in [3.63, 3.8) is 0 Å². The van der Waals surface area contributed by atoms with Gasteiger partial charge in [0, 0.05) is 29.8 Å². The van der Waals surface area contributed by atoms with E-state index >= 15 is 0 Å². The fraction of sp³-hybridized carbons (Fsp3) is 0.364. The first-order valence-corrected chi connectivity index (χ1v) is 11.4. The highest BCUT2D eigenvalue weighted by molar-refractivity contribution is 7.92. The third-order valence-corrected chi connectivity index (χ3v) is 5.80. The zero-order valence-corrected chi connectivity index (χ0v) is 19.6. The van der Waals surface area contributed by atoms with E-state index < -0.39 is 15.4 Å². The SMILES string of the molecule is COc1ccc(NS(=O)(=O)c2cc(NC(=O)CCNC(=O)C(C)(C)C)ccc2OC)cc1. The quantitative estimate of drug-likeness (QED) is 0.525. The topological polar surface area (TPSA) is 123 Å². The summed E-state index contributed by atoms with van der Waals surface area (Å²) < 4.78 is 38.6. The summed E-state index contributed by atoms with van der Waals surface area (Å²) in [4.78, 5) is 24.0. The molecule has 0 heterocycles. The van der Waals surface area contributed by atoms with Crippen LogP contribution in [-0.4, -0.2) is 41.0 Å². The molecule has 0 bridgehead atoms. The molecule has 0 aliphatic heterocycles. The van der Waals surface area contributed by atoms with Crippen molar-refractivity contribution in [3.8, 4) is 11.5 Å². The minimum absolute atomic E-state index is 0.0417. The number of anilines is 2. The number of benzene rings is 2. The van der Waals surface area contributed by atoms with Gasteiger partial charge in [-0.15, -0.1) is 0 Å². The molecule has 0 saturated carbocycles. The number of hydrogen-bond acceptors (Lipinski definition) is 6. The van der Waals surface area contributed by atoms with Crippen LogP contribution in [-0.2, 0) is 19.6 Å². The van der Waals surface area contributed by atoms with Crippen molar-refractivity contribution in [1.82, 2.24) is 5.32 Å². The lowest BCUT2D eigenvalue weighted by Gasteiger charge is -2.17. The number of amides is 2. The Morgan fingerprint density at radius 2 is 1.56 bits per heavy atom. The maximum Gasteiger partial charge on any atom is 0.265 e.